The van der Waals surface area contributed by atoms with Crippen molar-refractivity contribution in [2.45, 2.75) is 0 Å². The van der Waals surface area contributed by atoms with E-state index in [1.165, 1.54) is 7.11 Å². The largest absolute Gasteiger partial charge is 0.495 e. The number of para-hydroxylation sites is 1. The van der Waals surface area contributed by atoms with Crippen molar-refractivity contribution in [3.8, 4) is 5.75 Å². The summed E-state index contributed by atoms with van der Waals surface area (Å²) < 4.78 is 28.7. The van der Waals surface area contributed by atoms with Crippen LogP contribution in [0, 0.1) is 0 Å². The molecular weight excluding hydrogens is 296 g/mol. The molecule has 1 aliphatic heterocycles. The van der Waals surface area contributed by atoms with Gasteiger partial charge in [0.25, 0.3) is 16.1 Å². The van der Waals surface area contributed by atoms with Crippen LogP contribution in [0.2, 0.25) is 0 Å². The molecule has 0 saturated carbocycles. The first-order valence-corrected chi connectivity index (χ1v) is 7.84. The number of amides is 1. The quantitative estimate of drug-likeness (QED) is 0.711. The lowest BCUT2D eigenvalue weighted by molar-refractivity contribution is 0.0698. The number of nitrogens with two attached hydrogens (primary N) is 2. The number of carbonyl (C=O) groups is 1. The molecule has 1 heterocycles. The van der Waals surface area contributed by atoms with Gasteiger partial charge in [0.1, 0.15) is 5.75 Å². The van der Waals surface area contributed by atoms with Gasteiger partial charge in [-0.05, 0) is 12.1 Å². The molecule has 21 heavy (non-hydrogen) atoms. The Morgan fingerprint density at radius 1 is 1.24 bits per heavy atom. The lowest BCUT2D eigenvalue weighted by Crippen LogP contribution is -2.52. The van der Waals surface area contributed by atoms with Gasteiger partial charge in [-0.15, -0.1) is 0 Å². The van der Waals surface area contributed by atoms with Crippen molar-refractivity contribution in [1.29, 1.82) is 0 Å². The van der Waals surface area contributed by atoms with Gasteiger partial charge in [0.2, 0.25) is 0 Å². The molecule has 116 valence electrons. The molecule has 1 fully saturated rings. The topological polar surface area (TPSA) is 119 Å². The zero-order valence-corrected chi connectivity index (χ0v) is 12.5. The molecule has 0 atom stereocenters. The van der Waals surface area contributed by atoms with E-state index in [1.54, 1.807) is 23.1 Å². The van der Waals surface area contributed by atoms with Gasteiger partial charge in [0.15, 0.2) is 0 Å². The van der Waals surface area contributed by atoms with Crippen LogP contribution >= 0.6 is 0 Å². The fourth-order valence-electron chi connectivity index (χ4n) is 2.22. The summed E-state index contributed by atoms with van der Waals surface area (Å²) in [5, 5.41) is 5.06. The van der Waals surface area contributed by atoms with Crippen LogP contribution in [0.1, 0.15) is 10.4 Å². The Labute approximate surface area is 123 Å². The predicted molar refractivity (Wildman–Crippen MR) is 78.0 cm³/mol. The number of rotatable bonds is 3. The van der Waals surface area contributed by atoms with E-state index in [-0.39, 0.29) is 37.8 Å². The molecule has 8 nitrogen and oxygen atoms in total. The van der Waals surface area contributed by atoms with E-state index >= 15 is 0 Å². The zero-order chi connectivity index (χ0) is 15.6. The molecule has 0 bridgehead atoms. The number of methoxy groups -OCH3 is 1. The Balaban J connectivity index is 2.13. The third-order valence-electron chi connectivity index (χ3n) is 3.40. The second-order valence-corrected chi connectivity index (χ2v) is 6.20. The molecule has 0 unspecified atom stereocenters. The molecule has 4 N–H and O–H groups in total. The number of benzene rings is 1. The van der Waals surface area contributed by atoms with Crippen molar-refractivity contribution < 1.29 is 17.9 Å². The van der Waals surface area contributed by atoms with Gasteiger partial charge in [0, 0.05) is 26.2 Å². The van der Waals surface area contributed by atoms with Crippen molar-refractivity contribution in [2.24, 2.45) is 5.14 Å². The second kappa shape index (κ2) is 5.88. The van der Waals surface area contributed by atoms with Crippen molar-refractivity contribution in [2.75, 3.05) is 39.0 Å². The van der Waals surface area contributed by atoms with Crippen LogP contribution in [0.15, 0.2) is 18.2 Å². The smallest absolute Gasteiger partial charge is 0.277 e. The minimum atomic E-state index is -3.71. The van der Waals surface area contributed by atoms with E-state index < -0.39 is 10.2 Å². The SMILES string of the molecule is COc1cccc(C(=O)N2CCN(S(N)(=O)=O)CC2)c1N. The van der Waals surface area contributed by atoms with E-state index in [0.29, 0.717) is 11.3 Å². The maximum absolute atomic E-state index is 12.4. The minimum absolute atomic E-state index is 0.175. The Hall–Kier alpha value is -1.84. The number of carbonyl (C=O) groups excluding carboxylic acids is 1. The average Bonchev–Trinajstić information content (AvgIpc) is 2.46. The molecule has 1 aromatic rings. The predicted octanol–water partition coefficient (Wildman–Crippen LogP) is -0.761. The molecular formula is C12H18N4O4S. The first-order valence-electron chi connectivity index (χ1n) is 6.34. The summed E-state index contributed by atoms with van der Waals surface area (Å²) >= 11 is 0. The molecule has 1 aromatic carbocycles. The Morgan fingerprint density at radius 2 is 1.86 bits per heavy atom. The maximum atomic E-state index is 12.4. The number of piperazine rings is 1. The third-order valence-corrected chi connectivity index (χ3v) is 4.49. The van der Waals surface area contributed by atoms with Crippen molar-refractivity contribution >= 4 is 21.8 Å². The fraction of sp³-hybridized carbons (Fsp3) is 0.417. The van der Waals surface area contributed by atoms with E-state index in [4.69, 9.17) is 15.6 Å². The molecule has 1 saturated heterocycles. The van der Waals surface area contributed by atoms with E-state index in [0.717, 1.165) is 4.31 Å². The van der Waals surface area contributed by atoms with Crippen LogP contribution < -0.4 is 15.6 Å². The van der Waals surface area contributed by atoms with Gasteiger partial charge in [-0.1, -0.05) is 6.07 Å². The summed E-state index contributed by atoms with van der Waals surface area (Å²) in [5.74, 6) is 0.185. The van der Waals surface area contributed by atoms with Crippen molar-refractivity contribution in [1.82, 2.24) is 9.21 Å². The van der Waals surface area contributed by atoms with Crippen LogP contribution in [0.3, 0.4) is 0 Å². The van der Waals surface area contributed by atoms with E-state index in [9.17, 15) is 13.2 Å². The normalized spacial score (nSPS) is 16.8. The molecule has 1 aliphatic rings. The van der Waals surface area contributed by atoms with E-state index in [1.807, 2.05) is 0 Å². The summed E-state index contributed by atoms with van der Waals surface area (Å²) in [6.45, 7) is 0.890. The average molecular weight is 314 g/mol. The summed E-state index contributed by atoms with van der Waals surface area (Å²) in [5.41, 5.74) is 6.52. The number of ether oxygens (including phenoxy) is 1. The minimum Gasteiger partial charge on any atom is -0.495 e. The molecule has 1 amide bonds. The highest BCUT2D eigenvalue weighted by atomic mass is 32.2. The van der Waals surface area contributed by atoms with Crippen LogP contribution in [-0.4, -0.2) is 56.8 Å². The standard InChI is InChI=1S/C12H18N4O4S/c1-20-10-4-2-3-9(11(10)13)12(17)15-5-7-16(8-6-15)21(14,18)19/h2-4H,5-8,13H2,1H3,(H2,14,18,19). The molecule has 9 heteroatoms. The zero-order valence-electron chi connectivity index (χ0n) is 11.7. The van der Waals surface area contributed by atoms with Gasteiger partial charge in [-0.25, -0.2) is 5.14 Å². The maximum Gasteiger partial charge on any atom is 0.277 e. The fourth-order valence-corrected chi connectivity index (χ4v) is 2.90. The molecule has 0 radical (unpaired) electrons. The Bertz CT molecular complexity index is 639. The van der Waals surface area contributed by atoms with Gasteiger partial charge < -0.3 is 15.4 Å². The van der Waals surface area contributed by atoms with Gasteiger partial charge in [-0.3, -0.25) is 4.79 Å². The lowest BCUT2D eigenvalue weighted by Gasteiger charge is -2.33. The van der Waals surface area contributed by atoms with Gasteiger partial charge in [-0.2, -0.15) is 12.7 Å². The summed E-state index contributed by atoms with van der Waals surface area (Å²) in [7, 11) is -2.23. The summed E-state index contributed by atoms with van der Waals surface area (Å²) in [6.07, 6.45) is 0. The summed E-state index contributed by atoms with van der Waals surface area (Å²) in [6, 6.07) is 4.97. The lowest BCUT2D eigenvalue weighted by atomic mass is 10.1. The van der Waals surface area contributed by atoms with Crippen LogP contribution in [0.5, 0.6) is 5.75 Å². The number of hydrogen-bond acceptors (Lipinski definition) is 5. The molecule has 0 spiro atoms. The highest BCUT2D eigenvalue weighted by molar-refractivity contribution is 7.86. The number of anilines is 1. The second-order valence-electron chi connectivity index (χ2n) is 4.66. The molecule has 0 aromatic heterocycles. The van der Waals surface area contributed by atoms with Crippen LogP contribution in [0.4, 0.5) is 5.69 Å². The first-order chi connectivity index (χ1) is 9.84. The Morgan fingerprint density at radius 3 is 2.38 bits per heavy atom. The third kappa shape index (κ3) is 3.26. The van der Waals surface area contributed by atoms with Gasteiger partial charge in [0.05, 0.1) is 18.4 Å². The molecule has 0 aliphatic carbocycles. The highest BCUT2D eigenvalue weighted by Crippen LogP contribution is 2.26. The number of hydrogen-bond donors (Lipinski definition) is 2. The number of nitrogen functional groups attached to an aromatic ring is 1. The Kier molecular flexibility index (Phi) is 4.35. The van der Waals surface area contributed by atoms with Crippen molar-refractivity contribution in [3.63, 3.8) is 0 Å². The van der Waals surface area contributed by atoms with Crippen LogP contribution in [0.25, 0.3) is 0 Å². The molecule has 2 rings (SSSR count). The van der Waals surface area contributed by atoms with E-state index in [2.05, 4.69) is 0 Å². The monoisotopic (exact) mass is 314 g/mol. The first kappa shape index (κ1) is 15.5. The van der Waals surface area contributed by atoms with Gasteiger partial charge >= 0.3 is 0 Å². The van der Waals surface area contributed by atoms with Crippen LogP contribution in [-0.2, 0) is 10.2 Å². The van der Waals surface area contributed by atoms with Crippen molar-refractivity contribution in [3.05, 3.63) is 23.8 Å². The summed E-state index contributed by atoms with van der Waals surface area (Å²) in [4.78, 5) is 14.0. The number of nitrogens with zero attached hydrogens (tertiary/aromatic N) is 2. The highest BCUT2D eigenvalue weighted by Gasteiger charge is 2.28.